The number of aliphatic hydroxyl groups is 6. The molecule has 1 fully saturated rings. The molecule has 0 bridgehead atoms. The van der Waals surface area contributed by atoms with Crippen molar-refractivity contribution in [3.8, 4) is 0 Å². The maximum atomic E-state index is 13.1. The number of carbonyl (C=O) groups excluding carboxylic acids is 1. The van der Waals surface area contributed by atoms with Crippen LogP contribution in [-0.4, -0.2) is 98.7 Å². The average Bonchev–Trinajstić information content (AvgIpc) is 3.29. The zero-order valence-corrected chi connectivity index (χ0v) is 41.2. The molecular formula is C54H101NO9. The lowest BCUT2D eigenvalue weighted by Gasteiger charge is -2.40. The summed E-state index contributed by atoms with van der Waals surface area (Å²) in [7, 11) is 0. The zero-order valence-electron chi connectivity index (χ0n) is 41.2. The Hall–Kier alpha value is -1.63. The number of hydrogen-bond donors (Lipinski definition) is 7. The van der Waals surface area contributed by atoms with Gasteiger partial charge in [-0.1, -0.05) is 217 Å². The maximum Gasteiger partial charge on any atom is 0.249 e. The Morgan fingerprint density at radius 3 is 1.36 bits per heavy atom. The maximum absolute atomic E-state index is 13.1. The molecule has 0 radical (unpaired) electrons. The molecule has 0 saturated carbocycles. The number of nitrogens with one attached hydrogen (secondary N) is 1. The van der Waals surface area contributed by atoms with Crippen LogP contribution in [0.5, 0.6) is 0 Å². The van der Waals surface area contributed by atoms with Crippen LogP contribution in [0.3, 0.4) is 0 Å². The van der Waals surface area contributed by atoms with Gasteiger partial charge in [-0.15, -0.1) is 0 Å². The monoisotopic (exact) mass is 908 g/mol. The molecule has 1 aliphatic heterocycles. The first-order chi connectivity index (χ1) is 31.3. The van der Waals surface area contributed by atoms with E-state index in [9.17, 15) is 35.4 Å². The van der Waals surface area contributed by atoms with Gasteiger partial charge in [-0.25, -0.2) is 0 Å². The van der Waals surface area contributed by atoms with Crippen molar-refractivity contribution in [2.45, 2.75) is 288 Å². The quantitative estimate of drug-likeness (QED) is 0.0232. The molecule has 0 aromatic heterocycles. The molecule has 0 spiro atoms. The Balaban J connectivity index is 2.26. The Morgan fingerprint density at radius 1 is 0.531 bits per heavy atom. The summed E-state index contributed by atoms with van der Waals surface area (Å²) in [4.78, 5) is 13.1. The molecule has 10 nitrogen and oxygen atoms in total. The number of ether oxygens (including phenoxy) is 2. The van der Waals surface area contributed by atoms with E-state index in [1.165, 1.54) is 173 Å². The molecule has 1 saturated heterocycles. The summed E-state index contributed by atoms with van der Waals surface area (Å²) in [5, 5.41) is 64.8. The van der Waals surface area contributed by atoms with Crippen LogP contribution in [0.15, 0.2) is 36.5 Å². The predicted molar refractivity (Wildman–Crippen MR) is 264 cm³/mol. The number of unbranched alkanes of at least 4 members (excludes halogenated alkanes) is 30. The number of amides is 1. The van der Waals surface area contributed by atoms with E-state index in [1.807, 2.05) is 6.08 Å². The molecular weight excluding hydrogens is 807 g/mol. The molecule has 0 aromatic rings. The first-order valence-electron chi connectivity index (χ1n) is 26.8. The van der Waals surface area contributed by atoms with E-state index in [4.69, 9.17) is 9.47 Å². The van der Waals surface area contributed by atoms with Gasteiger partial charge < -0.3 is 45.4 Å². The van der Waals surface area contributed by atoms with Gasteiger partial charge in [0.2, 0.25) is 5.91 Å². The molecule has 10 heteroatoms. The fraction of sp³-hybridized carbons (Fsp3) is 0.870. The molecule has 0 aromatic carbocycles. The summed E-state index contributed by atoms with van der Waals surface area (Å²) in [5.74, 6) is -0.627. The number of rotatable bonds is 45. The Bertz CT molecular complexity index is 1120. The van der Waals surface area contributed by atoms with Crippen molar-refractivity contribution in [3.63, 3.8) is 0 Å². The van der Waals surface area contributed by atoms with Gasteiger partial charge in [-0.3, -0.25) is 4.79 Å². The molecule has 1 rings (SSSR count). The summed E-state index contributed by atoms with van der Waals surface area (Å²) in [5.41, 5.74) is 0. The van der Waals surface area contributed by atoms with Gasteiger partial charge in [0, 0.05) is 0 Å². The second kappa shape index (κ2) is 43.9. The van der Waals surface area contributed by atoms with E-state index in [2.05, 4.69) is 43.5 Å². The molecule has 8 atom stereocenters. The minimum Gasteiger partial charge on any atom is -0.394 e. The third kappa shape index (κ3) is 32.9. The summed E-state index contributed by atoms with van der Waals surface area (Å²) in [6, 6.07) is -0.996. The molecule has 64 heavy (non-hydrogen) atoms. The standard InChI is InChI=1S/C54H101NO9/c1-3-5-7-9-11-13-15-17-18-19-20-21-22-23-24-25-26-27-28-29-31-33-35-37-39-41-43-48(58)53(62)55-46(45-63-54-52(61)51(60)50(59)49(44-56)64-54)47(57)42-40-38-36-34-32-30-16-14-12-10-8-6-4-2/h23-24,32,34,40,42,46-52,54,56-61H,3-22,25-31,33,35-39,41,43-45H2,1-2H3,(H,55,62)/b24-23-,34-32+,42-40+. The van der Waals surface area contributed by atoms with Crippen LogP contribution in [0.25, 0.3) is 0 Å². The van der Waals surface area contributed by atoms with Crippen molar-refractivity contribution in [2.75, 3.05) is 13.2 Å². The van der Waals surface area contributed by atoms with Crippen molar-refractivity contribution in [1.29, 1.82) is 0 Å². The molecule has 1 amide bonds. The van der Waals surface area contributed by atoms with Gasteiger partial charge in [-0.2, -0.15) is 0 Å². The zero-order chi connectivity index (χ0) is 46.7. The largest absolute Gasteiger partial charge is 0.394 e. The van der Waals surface area contributed by atoms with E-state index in [0.717, 1.165) is 32.1 Å². The summed E-state index contributed by atoms with van der Waals surface area (Å²) < 4.78 is 11.1. The van der Waals surface area contributed by atoms with E-state index in [-0.39, 0.29) is 6.61 Å². The van der Waals surface area contributed by atoms with Gasteiger partial charge in [0.05, 0.1) is 25.4 Å². The molecule has 376 valence electrons. The van der Waals surface area contributed by atoms with E-state index in [0.29, 0.717) is 19.3 Å². The van der Waals surface area contributed by atoms with Crippen molar-refractivity contribution in [1.82, 2.24) is 5.32 Å². The van der Waals surface area contributed by atoms with Crippen molar-refractivity contribution >= 4 is 5.91 Å². The third-order valence-electron chi connectivity index (χ3n) is 12.8. The van der Waals surface area contributed by atoms with E-state index < -0.39 is 61.5 Å². The van der Waals surface area contributed by atoms with Crippen LogP contribution >= 0.6 is 0 Å². The summed E-state index contributed by atoms with van der Waals surface area (Å²) in [6.07, 6.45) is 45.4. The fourth-order valence-electron chi connectivity index (χ4n) is 8.41. The van der Waals surface area contributed by atoms with Crippen LogP contribution in [-0.2, 0) is 14.3 Å². The lowest BCUT2D eigenvalue weighted by Crippen LogP contribution is -2.60. The molecule has 7 N–H and O–H groups in total. The second-order valence-electron chi connectivity index (χ2n) is 18.8. The Labute approximate surface area is 392 Å². The van der Waals surface area contributed by atoms with Gasteiger partial charge in [0.15, 0.2) is 6.29 Å². The highest BCUT2D eigenvalue weighted by Crippen LogP contribution is 2.23. The minimum absolute atomic E-state index is 0.303. The van der Waals surface area contributed by atoms with Gasteiger partial charge >= 0.3 is 0 Å². The van der Waals surface area contributed by atoms with Crippen molar-refractivity contribution < 1.29 is 44.9 Å². The van der Waals surface area contributed by atoms with E-state index >= 15 is 0 Å². The van der Waals surface area contributed by atoms with Crippen LogP contribution < -0.4 is 5.32 Å². The molecule has 1 heterocycles. The van der Waals surface area contributed by atoms with E-state index in [1.54, 1.807) is 6.08 Å². The SMILES string of the molecule is CCCCCCCCC/C=C/CC/C=C/C(O)C(COC1OC(CO)C(O)C(O)C1O)NC(=O)C(O)CCCCCCCCCCCC/C=C\CCCCCCCCCCCCCC. The first kappa shape index (κ1) is 60.4. The van der Waals surface area contributed by atoms with Crippen LogP contribution in [0.2, 0.25) is 0 Å². The van der Waals surface area contributed by atoms with Gasteiger partial charge in [-0.05, 0) is 57.8 Å². The minimum atomic E-state index is -1.62. The lowest BCUT2D eigenvalue weighted by atomic mass is 9.99. The smallest absolute Gasteiger partial charge is 0.249 e. The molecule has 8 unspecified atom stereocenters. The fourth-order valence-corrected chi connectivity index (χ4v) is 8.41. The summed E-state index contributed by atoms with van der Waals surface area (Å²) >= 11 is 0. The topological polar surface area (TPSA) is 169 Å². The van der Waals surface area contributed by atoms with Crippen LogP contribution in [0.4, 0.5) is 0 Å². The average molecular weight is 908 g/mol. The number of hydrogen-bond acceptors (Lipinski definition) is 9. The highest BCUT2D eigenvalue weighted by Gasteiger charge is 2.44. The molecule has 1 aliphatic rings. The summed E-state index contributed by atoms with van der Waals surface area (Å²) in [6.45, 7) is 3.59. The first-order valence-corrected chi connectivity index (χ1v) is 26.8. The third-order valence-corrected chi connectivity index (χ3v) is 12.8. The van der Waals surface area contributed by atoms with Crippen molar-refractivity contribution in [2.24, 2.45) is 0 Å². The number of carbonyl (C=O) groups is 1. The number of aliphatic hydroxyl groups excluding tert-OH is 6. The Kier molecular flexibility index (Phi) is 41.4. The predicted octanol–water partition coefficient (Wildman–Crippen LogP) is 11.4. The lowest BCUT2D eigenvalue weighted by molar-refractivity contribution is -0.302. The highest BCUT2D eigenvalue weighted by molar-refractivity contribution is 5.80. The number of allylic oxidation sites excluding steroid dienone is 5. The Morgan fingerprint density at radius 2 is 0.922 bits per heavy atom. The second-order valence-corrected chi connectivity index (χ2v) is 18.8. The van der Waals surface area contributed by atoms with Crippen LogP contribution in [0, 0.1) is 0 Å². The van der Waals surface area contributed by atoms with Gasteiger partial charge in [0.25, 0.3) is 0 Å². The van der Waals surface area contributed by atoms with Crippen molar-refractivity contribution in [3.05, 3.63) is 36.5 Å². The molecule has 0 aliphatic carbocycles. The highest BCUT2D eigenvalue weighted by atomic mass is 16.7. The normalized spacial score (nSPS) is 20.8. The van der Waals surface area contributed by atoms with Gasteiger partial charge in [0.1, 0.15) is 30.5 Å². The van der Waals surface area contributed by atoms with Crippen LogP contribution in [0.1, 0.15) is 239 Å².